The van der Waals surface area contributed by atoms with Crippen LogP contribution in [0.5, 0.6) is 11.5 Å². The maximum absolute atomic E-state index is 12.2. The minimum Gasteiger partial charge on any atom is -0.493 e. The smallest absolute Gasteiger partial charge is 0.262 e. The van der Waals surface area contributed by atoms with Gasteiger partial charge in [-0.15, -0.1) is 0 Å². The lowest BCUT2D eigenvalue weighted by atomic mass is 10.1. The van der Waals surface area contributed by atoms with E-state index in [1.165, 1.54) is 0 Å². The molecule has 1 heterocycles. The van der Waals surface area contributed by atoms with Crippen molar-refractivity contribution in [2.45, 2.75) is 32.3 Å². The topological polar surface area (TPSA) is 80.6 Å². The Labute approximate surface area is 148 Å². The highest BCUT2D eigenvalue weighted by Gasteiger charge is 2.17. The number of carbonyl (C=O) groups is 1. The van der Waals surface area contributed by atoms with Crippen LogP contribution in [0.3, 0.4) is 0 Å². The Morgan fingerprint density at radius 3 is 2.96 bits per heavy atom. The van der Waals surface area contributed by atoms with Crippen molar-refractivity contribution >= 4 is 12.0 Å². The van der Waals surface area contributed by atoms with Crippen LogP contribution in [0, 0.1) is 11.3 Å². The molecule has 1 unspecified atom stereocenters. The number of benzene rings is 1. The standard InChI is InChI=1S/C19H24N2O4/c1-3-8-25-18-11-14(6-7-17(18)23-2)10-15(12-20)19(22)21-13-16-5-4-9-24-16/h6-7,10-11,16H,3-5,8-9,13H2,1-2H3,(H,21,22)/b15-10-. The van der Waals surface area contributed by atoms with Crippen molar-refractivity contribution in [3.8, 4) is 17.6 Å². The Kier molecular flexibility index (Phi) is 7.30. The number of carbonyl (C=O) groups excluding carboxylic acids is 1. The van der Waals surface area contributed by atoms with E-state index in [0.717, 1.165) is 25.9 Å². The molecule has 134 valence electrons. The molecule has 25 heavy (non-hydrogen) atoms. The number of methoxy groups -OCH3 is 1. The van der Waals surface area contributed by atoms with Crippen LogP contribution in [0.15, 0.2) is 23.8 Å². The second kappa shape index (κ2) is 9.70. The second-order valence-electron chi connectivity index (χ2n) is 5.77. The van der Waals surface area contributed by atoms with E-state index in [0.29, 0.717) is 30.2 Å². The van der Waals surface area contributed by atoms with E-state index in [1.54, 1.807) is 31.4 Å². The number of nitrogens with one attached hydrogen (secondary N) is 1. The summed E-state index contributed by atoms with van der Waals surface area (Å²) in [5.74, 6) is 0.812. The van der Waals surface area contributed by atoms with Gasteiger partial charge in [-0.05, 0) is 43.0 Å². The Hall–Kier alpha value is -2.52. The van der Waals surface area contributed by atoms with Gasteiger partial charge in [0.2, 0.25) is 0 Å². The number of hydrogen-bond donors (Lipinski definition) is 1. The summed E-state index contributed by atoms with van der Waals surface area (Å²) in [6.45, 7) is 3.73. The van der Waals surface area contributed by atoms with Crippen molar-refractivity contribution in [2.24, 2.45) is 0 Å². The summed E-state index contributed by atoms with van der Waals surface area (Å²) in [6, 6.07) is 7.26. The molecular formula is C19H24N2O4. The minimum absolute atomic E-state index is 0.0407. The minimum atomic E-state index is -0.398. The highest BCUT2D eigenvalue weighted by atomic mass is 16.5. The summed E-state index contributed by atoms with van der Waals surface area (Å²) in [4.78, 5) is 12.2. The second-order valence-corrected chi connectivity index (χ2v) is 5.77. The number of ether oxygens (including phenoxy) is 3. The summed E-state index contributed by atoms with van der Waals surface area (Å²) < 4.78 is 16.4. The molecule has 1 aliphatic rings. The molecule has 0 radical (unpaired) electrons. The lowest BCUT2D eigenvalue weighted by Gasteiger charge is -2.11. The van der Waals surface area contributed by atoms with Crippen molar-refractivity contribution in [1.82, 2.24) is 5.32 Å². The first-order chi connectivity index (χ1) is 12.2. The van der Waals surface area contributed by atoms with Crippen molar-refractivity contribution in [3.63, 3.8) is 0 Å². The van der Waals surface area contributed by atoms with Crippen LogP contribution in [0.4, 0.5) is 0 Å². The molecule has 6 heteroatoms. The molecule has 1 saturated heterocycles. The van der Waals surface area contributed by atoms with Gasteiger partial charge in [-0.3, -0.25) is 4.79 Å². The third kappa shape index (κ3) is 5.50. The molecule has 0 spiro atoms. The third-order valence-electron chi connectivity index (χ3n) is 3.84. The van der Waals surface area contributed by atoms with Gasteiger partial charge >= 0.3 is 0 Å². The fraction of sp³-hybridized carbons (Fsp3) is 0.474. The molecule has 1 fully saturated rings. The zero-order valence-electron chi connectivity index (χ0n) is 14.7. The van der Waals surface area contributed by atoms with E-state index < -0.39 is 5.91 Å². The highest BCUT2D eigenvalue weighted by molar-refractivity contribution is 6.01. The zero-order valence-corrected chi connectivity index (χ0v) is 14.7. The van der Waals surface area contributed by atoms with E-state index in [4.69, 9.17) is 14.2 Å². The summed E-state index contributed by atoms with van der Waals surface area (Å²) >= 11 is 0. The molecule has 6 nitrogen and oxygen atoms in total. The van der Waals surface area contributed by atoms with Gasteiger partial charge in [0, 0.05) is 13.2 Å². The lowest BCUT2D eigenvalue weighted by Crippen LogP contribution is -2.32. The molecule has 1 aromatic carbocycles. The van der Waals surface area contributed by atoms with Gasteiger partial charge in [-0.2, -0.15) is 5.26 Å². The van der Waals surface area contributed by atoms with Gasteiger partial charge in [0.15, 0.2) is 11.5 Å². The van der Waals surface area contributed by atoms with Gasteiger partial charge in [0.25, 0.3) is 5.91 Å². The maximum atomic E-state index is 12.2. The Morgan fingerprint density at radius 2 is 2.32 bits per heavy atom. The first-order valence-electron chi connectivity index (χ1n) is 8.50. The number of hydrogen-bond acceptors (Lipinski definition) is 5. The first-order valence-corrected chi connectivity index (χ1v) is 8.50. The predicted octanol–water partition coefficient (Wildman–Crippen LogP) is 2.69. The van der Waals surface area contributed by atoms with Gasteiger partial charge in [0.05, 0.1) is 19.8 Å². The molecule has 2 rings (SSSR count). The van der Waals surface area contributed by atoms with Crippen LogP contribution in [0.25, 0.3) is 6.08 Å². The van der Waals surface area contributed by atoms with Gasteiger partial charge in [-0.25, -0.2) is 0 Å². The normalized spacial score (nSPS) is 17.0. The SMILES string of the molecule is CCCOc1cc(/C=C(/C#N)C(=O)NCC2CCCO2)ccc1OC. The number of nitriles is 1. The van der Waals surface area contributed by atoms with Gasteiger partial charge in [-0.1, -0.05) is 13.0 Å². The van der Waals surface area contributed by atoms with E-state index in [-0.39, 0.29) is 11.7 Å². The van der Waals surface area contributed by atoms with E-state index in [1.807, 2.05) is 13.0 Å². The number of nitrogens with zero attached hydrogens (tertiary/aromatic N) is 1. The fourth-order valence-electron chi connectivity index (χ4n) is 2.53. The van der Waals surface area contributed by atoms with Crippen LogP contribution < -0.4 is 14.8 Å². The summed E-state index contributed by atoms with van der Waals surface area (Å²) in [5, 5.41) is 12.1. The Bertz CT molecular complexity index is 658. The summed E-state index contributed by atoms with van der Waals surface area (Å²) in [5.41, 5.74) is 0.750. The number of rotatable bonds is 8. The summed E-state index contributed by atoms with van der Waals surface area (Å²) in [7, 11) is 1.57. The molecule has 1 aromatic rings. The van der Waals surface area contributed by atoms with Gasteiger partial charge < -0.3 is 19.5 Å². The van der Waals surface area contributed by atoms with Crippen LogP contribution >= 0.6 is 0 Å². The molecule has 0 aliphatic carbocycles. The molecule has 1 N–H and O–H groups in total. The fourth-order valence-corrected chi connectivity index (χ4v) is 2.53. The molecule has 1 amide bonds. The van der Waals surface area contributed by atoms with E-state index >= 15 is 0 Å². The first kappa shape index (κ1) is 18.8. The van der Waals surface area contributed by atoms with Gasteiger partial charge in [0.1, 0.15) is 11.6 Å². The molecule has 0 saturated carbocycles. The largest absolute Gasteiger partial charge is 0.493 e. The zero-order chi connectivity index (χ0) is 18.1. The average Bonchev–Trinajstić information content (AvgIpc) is 3.16. The van der Waals surface area contributed by atoms with Crippen LogP contribution in [0.2, 0.25) is 0 Å². The van der Waals surface area contributed by atoms with Crippen molar-refractivity contribution in [1.29, 1.82) is 5.26 Å². The van der Waals surface area contributed by atoms with Crippen molar-refractivity contribution < 1.29 is 19.0 Å². The van der Waals surface area contributed by atoms with Crippen molar-refractivity contribution in [2.75, 3.05) is 26.9 Å². The molecule has 0 bridgehead atoms. The van der Waals surface area contributed by atoms with Crippen LogP contribution in [-0.4, -0.2) is 38.9 Å². The van der Waals surface area contributed by atoms with E-state index in [2.05, 4.69) is 5.32 Å². The third-order valence-corrected chi connectivity index (χ3v) is 3.84. The molecular weight excluding hydrogens is 320 g/mol. The highest BCUT2D eigenvalue weighted by Crippen LogP contribution is 2.29. The lowest BCUT2D eigenvalue weighted by molar-refractivity contribution is -0.117. The van der Waals surface area contributed by atoms with Crippen LogP contribution in [-0.2, 0) is 9.53 Å². The Morgan fingerprint density at radius 1 is 1.48 bits per heavy atom. The Balaban J connectivity index is 2.09. The summed E-state index contributed by atoms with van der Waals surface area (Å²) in [6.07, 6.45) is 4.40. The molecule has 1 aliphatic heterocycles. The predicted molar refractivity (Wildman–Crippen MR) is 94.4 cm³/mol. The quantitative estimate of drug-likeness (QED) is 0.579. The maximum Gasteiger partial charge on any atom is 0.262 e. The molecule has 0 aromatic heterocycles. The average molecular weight is 344 g/mol. The van der Waals surface area contributed by atoms with Crippen LogP contribution in [0.1, 0.15) is 31.7 Å². The molecule has 1 atom stereocenters. The van der Waals surface area contributed by atoms with Crippen molar-refractivity contribution in [3.05, 3.63) is 29.3 Å². The number of amides is 1. The monoisotopic (exact) mass is 344 g/mol. The van der Waals surface area contributed by atoms with E-state index in [9.17, 15) is 10.1 Å².